The zero-order valence-electron chi connectivity index (χ0n) is 8.77. The van der Waals surface area contributed by atoms with Gasteiger partial charge < -0.3 is 10.1 Å². The summed E-state index contributed by atoms with van der Waals surface area (Å²) in [6.45, 7) is 4.69. The molecular formula is C10H15N3OS. The molecule has 5 heteroatoms. The minimum atomic E-state index is 0.653. The largest absolute Gasteiger partial charge is 0.379 e. The number of nitrogens with zero attached hydrogens (tertiary/aromatic N) is 2. The Morgan fingerprint density at radius 1 is 1.47 bits per heavy atom. The maximum absolute atomic E-state index is 5.11. The van der Waals surface area contributed by atoms with E-state index >= 15 is 0 Å². The third-order valence-corrected chi connectivity index (χ3v) is 3.34. The van der Waals surface area contributed by atoms with Crippen molar-refractivity contribution in [1.82, 2.24) is 9.97 Å². The number of hydrogen-bond acceptors (Lipinski definition) is 5. The highest BCUT2D eigenvalue weighted by Crippen LogP contribution is 2.22. The van der Waals surface area contributed by atoms with Crippen LogP contribution in [0.1, 0.15) is 12.6 Å². The van der Waals surface area contributed by atoms with Gasteiger partial charge in [0, 0.05) is 12.3 Å². The smallest absolute Gasteiger partial charge is 0.144 e. The third kappa shape index (κ3) is 3.07. The van der Waals surface area contributed by atoms with Gasteiger partial charge in [0.25, 0.3) is 0 Å². The Labute approximate surface area is 93.8 Å². The van der Waals surface area contributed by atoms with Crippen molar-refractivity contribution in [3.8, 4) is 0 Å². The van der Waals surface area contributed by atoms with Gasteiger partial charge in [0.2, 0.25) is 0 Å². The predicted molar refractivity (Wildman–Crippen MR) is 62.1 cm³/mol. The van der Waals surface area contributed by atoms with E-state index in [0.717, 1.165) is 37.0 Å². The molecule has 1 aromatic rings. The molecule has 0 bridgehead atoms. The number of aromatic nitrogens is 2. The van der Waals surface area contributed by atoms with Crippen LogP contribution in [0.5, 0.6) is 0 Å². The average Bonchev–Trinajstić information content (AvgIpc) is 2.19. The van der Waals surface area contributed by atoms with E-state index in [1.807, 2.05) is 24.9 Å². The molecule has 4 nitrogen and oxygen atoms in total. The second-order valence-electron chi connectivity index (χ2n) is 3.39. The van der Waals surface area contributed by atoms with Crippen LogP contribution in [0.15, 0.2) is 12.4 Å². The first-order valence-electron chi connectivity index (χ1n) is 5.12. The summed E-state index contributed by atoms with van der Waals surface area (Å²) in [6, 6.07) is 0. The van der Waals surface area contributed by atoms with Crippen molar-refractivity contribution in [2.75, 3.05) is 25.1 Å². The molecule has 2 rings (SSSR count). The molecule has 1 saturated heterocycles. The van der Waals surface area contributed by atoms with Crippen molar-refractivity contribution < 1.29 is 4.74 Å². The van der Waals surface area contributed by atoms with Crippen LogP contribution in [0.4, 0.5) is 5.82 Å². The molecule has 1 aliphatic rings. The molecule has 2 heterocycles. The number of anilines is 1. The molecule has 0 atom stereocenters. The Bertz CT molecular complexity index is 300. The molecule has 0 amide bonds. The molecule has 0 saturated carbocycles. The summed E-state index contributed by atoms with van der Waals surface area (Å²) in [5, 5.41) is 3.77. The minimum absolute atomic E-state index is 0.653. The number of thioether (sulfide) groups is 1. The van der Waals surface area contributed by atoms with Crippen molar-refractivity contribution in [2.45, 2.75) is 17.9 Å². The molecule has 1 aromatic heterocycles. The van der Waals surface area contributed by atoms with Crippen molar-refractivity contribution in [1.29, 1.82) is 0 Å². The van der Waals surface area contributed by atoms with E-state index in [2.05, 4.69) is 15.3 Å². The van der Waals surface area contributed by atoms with Gasteiger partial charge in [-0.3, -0.25) is 4.98 Å². The zero-order valence-corrected chi connectivity index (χ0v) is 9.59. The Morgan fingerprint density at radius 3 is 2.87 bits per heavy atom. The number of ether oxygens (including phenoxy) is 1. The van der Waals surface area contributed by atoms with Crippen molar-refractivity contribution in [2.24, 2.45) is 0 Å². The normalized spacial score (nSPS) is 16.1. The number of rotatable bonds is 5. The van der Waals surface area contributed by atoms with Crippen LogP contribution < -0.4 is 5.32 Å². The molecule has 0 aromatic carbocycles. The van der Waals surface area contributed by atoms with Crippen LogP contribution in [-0.2, 0) is 10.5 Å². The highest BCUT2D eigenvalue weighted by atomic mass is 32.2. The lowest BCUT2D eigenvalue weighted by molar-refractivity contribution is 0.0455. The predicted octanol–water partition coefficient (Wildman–Crippen LogP) is 1.54. The van der Waals surface area contributed by atoms with Gasteiger partial charge in [-0.15, -0.1) is 11.8 Å². The maximum Gasteiger partial charge on any atom is 0.144 e. The van der Waals surface area contributed by atoms with Gasteiger partial charge in [0.05, 0.1) is 36.6 Å². The van der Waals surface area contributed by atoms with Crippen LogP contribution in [-0.4, -0.2) is 35.0 Å². The van der Waals surface area contributed by atoms with E-state index in [1.54, 1.807) is 6.20 Å². The third-order valence-electron chi connectivity index (χ3n) is 2.14. The van der Waals surface area contributed by atoms with Crippen LogP contribution in [0.3, 0.4) is 0 Å². The van der Waals surface area contributed by atoms with Crippen molar-refractivity contribution >= 4 is 17.6 Å². The van der Waals surface area contributed by atoms with Gasteiger partial charge in [0.15, 0.2) is 0 Å². The first-order chi connectivity index (χ1) is 7.38. The quantitative estimate of drug-likeness (QED) is 0.823. The summed E-state index contributed by atoms with van der Waals surface area (Å²) in [7, 11) is 0. The summed E-state index contributed by atoms with van der Waals surface area (Å²) in [5.74, 6) is 1.77. The summed E-state index contributed by atoms with van der Waals surface area (Å²) in [6.07, 6.45) is 3.63. The summed E-state index contributed by atoms with van der Waals surface area (Å²) >= 11 is 1.89. The maximum atomic E-state index is 5.11. The van der Waals surface area contributed by atoms with E-state index in [4.69, 9.17) is 4.74 Å². The lowest BCUT2D eigenvalue weighted by Gasteiger charge is -2.24. The molecule has 15 heavy (non-hydrogen) atoms. The second-order valence-corrected chi connectivity index (χ2v) is 4.68. The lowest BCUT2D eigenvalue weighted by atomic mass is 10.4. The Balaban J connectivity index is 1.80. The molecule has 1 N–H and O–H groups in total. The van der Waals surface area contributed by atoms with Gasteiger partial charge in [-0.25, -0.2) is 4.98 Å². The van der Waals surface area contributed by atoms with Gasteiger partial charge >= 0.3 is 0 Å². The molecule has 0 unspecified atom stereocenters. The minimum Gasteiger partial charge on any atom is -0.379 e. The molecule has 1 fully saturated rings. The van der Waals surface area contributed by atoms with E-state index in [0.29, 0.717) is 5.25 Å². The average molecular weight is 225 g/mol. The van der Waals surface area contributed by atoms with Crippen LogP contribution in [0.2, 0.25) is 0 Å². The van der Waals surface area contributed by atoms with Crippen LogP contribution in [0, 0.1) is 0 Å². The van der Waals surface area contributed by atoms with E-state index in [9.17, 15) is 0 Å². The highest BCUT2D eigenvalue weighted by Gasteiger charge is 2.18. The Morgan fingerprint density at radius 2 is 2.33 bits per heavy atom. The standard InChI is InChI=1S/C10H15N3OS/c1-2-11-10-4-12-8(3-13-10)7-15-9-5-14-6-9/h3-4,9H,2,5-7H2,1H3,(H,11,13). The Kier molecular flexibility index (Phi) is 3.80. The first-order valence-corrected chi connectivity index (χ1v) is 6.17. The van der Waals surface area contributed by atoms with Crippen molar-refractivity contribution in [3.63, 3.8) is 0 Å². The highest BCUT2D eigenvalue weighted by molar-refractivity contribution is 7.99. The van der Waals surface area contributed by atoms with E-state index < -0.39 is 0 Å². The molecule has 82 valence electrons. The van der Waals surface area contributed by atoms with E-state index in [1.165, 1.54) is 0 Å². The zero-order chi connectivity index (χ0) is 10.5. The summed E-state index contributed by atoms with van der Waals surface area (Å²) in [4.78, 5) is 8.61. The summed E-state index contributed by atoms with van der Waals surface area (Å²) < 4.78 is 5.11. The van der Waals surface area contributed by atoms with Crippen molar-refractivity contribution in [3.05, 3.63) is 18.1 Å². The van der Waals surface area contributed by atoms with Gasteiger partial charge in [-0.2, -0.15) is 0 Å². The van der Waals surface area contributed by atoms with Crippen LogP contribution >= 0.6 is 11.8 Å². The lowest BCUT2D eigenvalue weighted by Crippen LogP contribution is -2.30. The number of hydrogen-bond donors (Lipinski definition) is 1. The van der Waals surface area contributed by atoms with Crippen LogP contribution in [0.25, 0.3) is 0 Å². The molecule has 1 aliphatic heterocycles. The second kappa shape index (κ2) is 5.32. The molecule has 0 radical (unpaired) electrons. The fraction of sp³-hybridized carbons (Fsp3) is 0.600. The number of nitrogens with one attached hydrogen (secondary N) is 1. The fourth-order valence-corrected chi connectivity index (χ4v) is 2.16. The van der Waals surface area contributed by atoms with E-state index in [-0.39, 0.29) is 0 Å². The van der Waals surface area contributed by atoms with Gasteiger partial charge in [-0.1, -0.05) is 0 Å². The SMILES string of the molecule is CCNc1cnc(CSC2COC2)cn1. The molecular weight excluding hydrogens is 210 g/mol. The fourth-order valence-electron chi connectivity index (χ4n) is 1.22. The summed E-state index contributed by atoms with van der Waals surface area (Å²) in [5.41, 5.74) is 1.04. The molecule has 0 spiro atoms. The molecule has 0 aliphatic carbocycles. The van der Waals surface area contributed by atoms with Gasteiger partial charge in [-0.05, 0) is 6.92 Å². The first kappa shape index (κ1) is 10.7. The topological polar surface area (TPSA) is 47.0 Å². The Hall–Kier alpha value is -0.810. The van der Waals surface area contributed by atoms with Gasteiger partial charge in [0.1, 0.15) is 5.82 Å². The monoisotopic (exact) mass is 225 g/mol.